The van der Waals surface area contributed by atoms with E-state index in [9.17, 15) is 14.9 Å². The number of nitro groups is 1. The van der Waals surface area contributed by atoms with Crippen LogP contribution in [0.25, 0.3) is 0 Å². The number of aromatic nitrogens is 3. The van der Waals surface area contributed by atoms with Crippen molar-refractivity contribution in [3.05, 3.63) is 80.8 Å². The van der Waals surface area contributed by atoms with Crippen LogP contribution in [0.2, 0.25) is 0 Å². The third-order valence-corrected chi connectivity index (χ3v) is 5.49. The fourth-order valence-electron chi connectivity index (χ4n) is 3.41. The van der Waals surface area contributed by atoms with Crippen molar-refractivity contribution < 1.29 is 14.5 Å². The molecule has 2 heterocycles. The zero-order chi connectivity index (χ0) is 22.7. The lowest BCUT2D eigenvalue weighted by Crippen LogP contribution is -2.22. The highest BCUT2D eigenvalue weighted by Crippen LogP contribution is 2.29. The fourth-order valence-corrected chi connectivity index (χ4v) is 3.41. The molecule has 166 valence electrons. The van der Waals surface area contributed by atoms with E-state index in [-0.39, 0.29) is 11.6 Å². The van der Waals surface area contributed by atoms with E-state index in [4.69, 9.17) is 4.74 Å². The quantitative estimate of drug-likeness (QED) is 0.406. The van der Waals surface area contributed by atoms with Crippen molar-refractivity contribution >= 4 is 11.6 Å². The van der Waals surface area contributed by atoms with Crippen LogP contribution in [0.15, 0.2) is 42.6 Å². The van der Waals surface area contributed by atoms with Gasteiger partial charge in [-0.25, -0.2) is 4.98 Å². The molecule has 1 amide bonds. The third kappa shape index (κ3) is 5.11. The first-order chi connectivity index (χ1) is 15.4. The SMILES string of the molecule is Cc1nn(Cc2ccc(C(=O)NCc3ccc(OCC4CC4)nc3)cc2)c(C)c1[N+](=O)[O-]. The Morgan fingerprint density at radius 3 is 2.50 bits per heavy atom. The topological polar surface area (TPSA) is 112 Å². The number of carbonyl (C=O) groups is 1. The maximum absolute atomic E-state index is 12.5. The number of ether oxygens (including phenoxy) is 1. The summed E-state index contributed by atoms with van der Waals surface area (Å²) in [6.07, 6.45) is 4.17. The highest BCUT2D eigenvalue weighted by molar-refractivity contribution is 5.94. The number of aryl methyl sites for hydroxylation is 1. The molecule has 1 aliphatic rings. The van der Waals surface area contributed by atoms with Crippen molar-refractivity contribution in [3.63, 3.8) is 0 Å². The minimum absolute atomic E-state index is 0.0398. The molecule has 1 fully saturated rings. The van der Waals surface area contributed by atoms with Gasteiger partial charge in [0.1, 0.15) is 11.4 Å². The molecule has 0 radical (unpaired) electrons. The first-order valence-electron chi connectivity index (χ1n) is 10.5. The van der Waals surface area contributed by atoms with Crippen molar-refractivity contribution in [2.45, 2.75) is 39.8 Å². The zero-order valence-corrected chi connectivity index (χ0v) is 18.1. The number of carbonyl (C=O) groups excluding carboxylic acids is 1. The molecule has 0 saturated heterocycles. The van der Waals surface area contributed by atoms with Crippen LogP contribution < -0.4 is 10.1 Å². The Morgan fingerprint density at radius 2 is 1.91 bits per heavy atom. The van der Waals surface area contributed by atoms with E-state index < -0.39 is 4.92 Å². The van der Waals surface area contributed by atoms with Crippen LogP contribution in [0.4, 0.5) is 5.69 Å². The van der Waals surface area contributed by atoms with Gasteiger partial charge in [0, 0.05) is 24.4 Å². The summed E-state index contributed by atoms with van der Waals surface area (Å²) in [6, 6.07) is 10.8. The fraction of sp³-hybridized carbons (Fsp3) is 0.348. The maximum Gasteiger partial charge on any atom is 0.312 e. The van der Waals surface area contributed by atoms with Gasteiger partial charge >= 0.3 is 5.69 Å². The average molecular weight is 435 g/mol. The van der Waals surface area contributed by atoms with E-state index in [2.05, 4.69) is 15.4 Å². The molecule has 0 unspecified atom stereocenters. The molecule has 1 aromatic carbocycles. The van der Waals surface area contributed by atoms with Crippen molar-refractivity contribution in [1.29, 1.82) is 0 Å². The van der Waals surface area contributed by atoms with Gasteiger partial charge < -0.3 is 10.1 Å². The number of benzene rings is 1. The summed E-state index contributed by atoms with van der Waals surface area (Å²) in [5.74, 6) is 1.09. The average Bonchev–Trinajstić information content (AvgIpc) is 3.56. The summed E-state index contributed by atoms with van der Waals surface area (Å²) < 4.78 is 7.23. The van der Waals surface area contributed by atoms with E-state index >= 15 is 0 Å². The summed E-state index contributed by atoms with van der Waals surface area (Å²) in [5.41, 5.74) is 3.25. The second kappa shape index (κ2) is 9.17. The molecule has 9 nitrogen and oxygen atoms in total. The summed E-state index contributed by atoms with van der Waals surface area (Å²) in [7, 11) is 0. The lowest BCUT2D eigenvalue weighted by molar-refractivity contribution is -0.386. The van der Waals surface area contributed by atoms with Crippen molar-refractivity contribution in [1.82, 2.24) is 20.1 Å². The van der Waals surface area contributed by atoms with Gasteiger partial charge in [0.05, 0.1) is 18.1 Å². The minimum Gasteiger partial charge on any atom is -0.477 e. The Labute approximate surface area is 185 Å². The first-order valence-corrected chi connectivity index (χ1v) is 10.5. The van der Waals surface area contributed by atoms with Gasteiger partial charge in [0.15, 0.2) is 0 Å². The molecule has 1 N–H and O–H groups in total. The van der Waals surface area contributed by atoms with Crippen molar-refractivity contribution in [2.75, 3.05) is 6.61 Å². The van der Waals surface area contributed by atoms with Crippen LogP contribution in [-0.2, 0) is 13.1 Å². The van der Waals surface area contributed by atoms with Crippen LogP contribution in [0.3, 0.4) is 0 Å². The molecule has 0 bridgehead atoms. The molecule has 3 aromatic rings. The standard InChI is InChI=1S/C23H25N5O4/c1-15-22(28(30)31)16(2)27(26-15)13-17-5-8-20(9-6-17)23(29)25-12-19-7-10-21(24-11-19)32-14-18-3-4-18/h5-11,18H,3-4,12-14H2,1-2H3,(H,25,29). The predicted octanol–water partition coefficient (Wildman–Crippen LogP) is 3.57. The van der Waals surface area contributed by atoms with E-state index in [0.717, 1.165) is 17.7 Å². The Kier molecular flexibility index (Phi) is 6.16. The zero-order valence-electron chi connectivity index (χ0n) is 18.1. The van der Waals surface area contributed by atoms with Crippen LogP contribution in [0, 0.1) is 29.9 Å². The van der Waals surface area contributed by atoms with E-state index in [1.807, 2.05) is 24.3 Å². The lowest BCUT2D eigenvalue weighted by Gasteiger charge is -2.08. The predicted molar refractivity (Wildman–Crippen MR) is 118 cm³/mol. The number of rotatable bonds is 9. The van der Waals surface area contributed by atoms with Crippen LogP contribution in [0.5, 0.6) is 5.88 Å². The molecular formula is C23H25N5O4. The Balaban J connectivity index is 1.31. The van der Waals surface area contributed by atoms with E-state index in [1.54, 1.807) is 36.9 Å². The Bertz CT molecular complexity index is 1120. The normalized spacial score (nSPS) is 13.1. The van der Waals surface area contributed by atoms with E-state index in [0.29, 0.717) is 41.8 Å². The van der Waals surface area contributed by atoms with Gasteiger partial charge in [-0.15, -0.1) is 0 Å². The summed E-state index contributed by atoms with van der Waals surface area (Å²) in [5, 5.41) is 18.3. The summed E-state index contributed by atoms with van der Waals surface area (Å²) in [6.45, 7) is 4.78. The summed E-state index contributed by atoms with van der Waals surface area (Å²) >= 11 is 0. The smallest absolute Gasteiger partial charge is 0.312 e. The van der Waals surface area contributed by atoms with Gasteiger partial charge in [-0.3, -0.25) is 19.6 Å². The molecule has 0 aliphatic heterocycles. The molecule has 1 aliphatic carbocycles. The number of pyridine rings is 1. The molecule has 9 heteroatoms. The van der Waals surface area contributed by atoms with Crippen molar-refractivity contribution in [3.8, 4) is 5.88 Å². The van der Waals surface area contributed by atoms with Gasteiger partial charge in [0.2, 0.25) is 5.88 Å². The second-order valence-electron chi connectivity index (χ2n) is 8.07. The number of hydrogen-bond acceptors (Lipinski definition) is 6. The summed E-state index contributed by atoms with van der Waals surface area (Å²) in [4.78, 5) is 27.5. The highest BCUT2D eigenvalue weighted by Gasteiger charge is 2.22. The van der Waals surface area contributed by atoms with Crippen molar-refractivity contribution in [2.24, 2.45) is 5.92 Å². The van der Waals surface area contributed by atoms with Gasteiger partial charge in [0.25, 0.3) is 5.91 Å². The first kappa shape index (κ1) is 21.5. The molecular weight excluding hydrogens is 410 g/mol. The molecule has 1 saturated carbocycles. The molecule has 32 heavy (non-hydrogen) atoms. The third-order valence-electron chi connectivity index (χ3n) is 5.49. The van der Waals surface area contributed by atoms with Gasteiger partial charge in [-0.1, -0.05) is 18.2 Å². The largest absolute Gasteiger partial charge is 0.477 e. The molecule has 4 rings (SSSR count). The number of nitrogens with one attached hydrogen (secondary N) is 1. The van der Waals surface area contributed by atoms with Crippen LogP contribution in [0.1, 0.15) is 45.7 Å². The maximum atomic E-state index is 12.5. The highest BCUT2D eigenvalue weighted by atomic mass is 16.6. The molecule has 0 spiro atoms. The minimum atomic E-state index is -0.411. The number of amides is 1. The second-order valence-corrected chi connectivity index (χ2v) is 8.07. The Hall–Kier alpha value is -3.75. The van der Waals surface area contributed by atoms with Crippen LogP contribution in [-0.4, -0.2) is 32.2 Å². The van der Waals surface area contributed by atoms with Gasteiger partial charge in [-0.05, 0) is 55.9 Å². The van der Waals surface area contributed by atoms with Crippen LogP contribution >= 0.6 is 0 Å². The monoisotopic (exact) mass is 435 g/mol. The molecule has 0 atom stereocenters. The lowest BCUT2D eigenvalue weighted by atomic mass is 10.1. The molecule has 2 aromatic heterocycles. The van der Waals surface area contributed by atoms with Gasteiger partial charge in [-0.2, -0.15) is 5.10 Å². The number of nitrogens with zero attached hydrogens (tertiary/aromatic N) is 4. The Morgan fingerprint density at radius 1 is 1.19 bits per heavy atom. The number of hydrogen-bond donors (Lipinski definition) is 1. The van der Waals surface area contributed by atoms with E-state index in [1.165, 1.54) is 12.8 Å².